The molecular weight excluding hydrogens is 419 g/mol. The normalized spacial score (nSPS) is 16.7. The molecule has 0 atom stereocenters. The summed E-state index contributed by atoms with van der Waals surface area (Å²) in [5.41, 5.74) is 5.32. The zero-order valence-corrected chi connectivity index (χ0v) is 18.4. The lowest BCUT2D eigenvalue weighted by Gasteiger charge is -2.27. The summed E-state index contributed by atoms with van der Waals surface area (Å²) < 4.78 is 14.6. The quantitative estimate of drug-likeness (QED) is 0.538. The van der Waals surface area contributed by atoms with Gasteiger partial charge in [0, 0.05) is 54.4 Å². The number of nitrogens with one attached hydrogen (secondary N) is 3. The number of fused-ring (bicyclic) bond motifs is 1. The van der Waals surface area contributed by atoms with Crippen LogP contribution in [0.3, 0.4) is 0 Å². The molecule has 1 fully saturated rings. The number of nitrogens with zero attached hydrogens (tertiary/aromatic N) is 1. The molecule has 168 valence electrons. The number of halogens is 1. The van der Waals surface area contributed by atoms with Crippen molar-refractivity contribution < 1.29 is 14.0 Å². The Hall–Kier alpha value is -3.71. The van der Waals surface area contributed by atoms with Crippen molar-refractivity contribution in [3.05, 3.63) is 76.9 Å². The second-order valence-corrected chi connectivity index (χ2v) is 8.42. The molecule has 3 N–H and O–H groups in total. The lowest BCUT2D eigenvalue weighted by atomic mass is 9.93. The van der Waals surface area contributed by atoms with Crippen molar-refractivity contribution >= 4 is 29.2 Å². The van der Waals surface area contributed by atoms with Crippen LogP contribution in [-0.4, -0.2) is 47.9 Å². The molecule has 0 radical (unpaired) electrons. The molecule has 0 bridgehead atoms. The summed E-state index contributed by atoms with van der Waals surface area (Å²) in [6.07, 6.45) is 2.03. The Bertz CT molecular complexity index is 1270. The van der Waals surface area contributed by atoms with E-state index in [4.69, 9.17) is 0 Å². The first kappa shape index (κ1) is 21.2. The highest BCUT2D eigenvalue weighted by Gasteiger charge is 2.29. The zero-order valence-electron chi connectivity index (χ0n) is 18.4. The average Bonchev–Trinajstić information content (AvgIpc) is 3.33. The number of H-pyrrole nitrogens is 1. The van der Waals surface area contributed by atoms with E-state index in [0.29, 0.717) is 41.0 Å². The number of amides is 2. The van der Waals surface area contributed by atoms with E-state index in [2.05, 4.69) is 15.6 Å². The van der Waals surface area contributed by atoms with E-state index in [1.54, 1.807) is 30.3 Å². The first-order valence-corrected chi connectivity index (χ1v) is 11.1. The van der Waals surface area contributed by atoms with E-state index in [1.807, 2.05) is 30.0 Å². The van der Waals surface area contributed by atoms with Crippen LogP contribution in [0.4, 0.5) is 10.1 Å². The van der Waals surface area contributed by atoms with Crippen LogP contribution in [0.25, 0.3) is 22.8 Å². The highest BCUT2D eigenvalue weighted by molar-refractivity contribution is 6.36. The molecule has 3 heterocycles. The fraction of sp³-hybridized carbons (Fsp3) is 0.231. The molecule has 7 heteroatoms. The molecule has 1 aromatic heterocycles. The lowest BCUT2D eigenvalue weighted by Crippen LogP contribution is -2.46. The molecule has 2 amide bonds. The minimum atomic E-state index is -0.345. The van der Waals surface area contributed by atoms with Crippen molar-refractivity contribution in [2.45, 2.75) is 13.3 Å². The molecule has 0 aliphatic carbocycles. The van der Waals surface area contributed by atoms with Crippen LogP contribution in [0.5, 0.6) is 0 Å². The molecule has 0 spiro atoms. The van der Waals surface area contributed by atoms with E-state index < -0.39 is 0 Å². The number of carbonyl (C=O) groups excluding carboxylic acids is 2. The summed E-state index contributed by atoms with van der Waals surface area (Å²) in [6.45, 7) is 4.91. The Labute approximate surface area is 191 Å². The van der Waals surface area contributed by atoms with Crippen LogP contribution in [0.1, 0.15) is 22.5 Å². The highest BCUT2D eigenvalue weighted by atomic mass is 19.1. The number of carbonyl (C=O) groups is 2. The van der Waals surface area contributed by atoms with Gasteiger partial charge >= 0.3 is 0 Å². The zero-order chi connectivity index (χ0) is 22.9. The van der Waals surface area contributed by atoms with E-state index in [9.17, 15) is 14.0 Å². The SMILES string of the molecule is Cc1cc(CC(=O)N2CCNCC2)c(/C=C2\C(=O)Nc3cccc(-c4ccccc4F)c32)[nH]1. The van der Waals surface area contributed by atoms with E-state index >= 15 is 0 Å². The van der Waals surface area contributed by atoms with Crippen molar-refractivity contribution in [3.8, 4) is 11.1 Å². The summed E-state index contributed by atoms with van der Waals surface area (Å²) in [6, 6.07) is 13.9. The second-order valence-electron chi connectivity index (χ2n) is 8.42. The van der Waals surface area contributed by atoms with Crippen molar-refractivity contribution in [2.75, 3.05) is 31.5 Å². The molecule has 33 heavy (non-hydrogen) atoms. The Kier molecular flexibility index (Phi) is 5.56. The highest BCUT2D eigenvalue weighted by Crippen LogP contribution is 2.41. The van der Waals surface area contributed by atoms with Gasteiger partial charge in [-0.25, -0.2) is 4.39 Å². The summed E-state index contributed by atoms with van der Waals surface area (Å²) in [4.78, 5) is 30.9. The first-order chi connectivity index (χ1) is 16.0. The van der Waals surface area contributed by atoms with Gasteiger partial charge in [0.05, 0.1) is 12.0 Å². The van der Waals surface area contributed by atoms with Gasteiger partial charge in [-0.15, -0.1) is 0 Å². The summed E-state index contributed by atoms with van der Waals surface area (Å²) in [5.74, 6) is -0.526. The molecule has 0 unspecified atom stereocenters. The Morgan fingerprint density at radius 2 is 1.85 bits per heavy atom. The minimum Gasteiger partial charge on any atom is -0.359 e. The van der Waals surface area contributed by atoms with Crippen LogP contribution in [0, 0.1) is 12.7 Å². The number of hydrogen-bond acceptors (Lipinski definition) is 3. The van der Waals surface area contributed by atoms with E-state index in [-0.39, 0.29) is 24.1 Å². The molecule has 2 aliphatic rings. The maximum absolute atomic E-state index is 14.6. The van der Waals surface area contributed by atoms with Gasteiger partial charge in [-0.2, -0.15) is 0 Å². The third-order valence-corrected chi connectivity index (χ3v) is 6.16. The maximum atomic E-state index is 14.6. The van der Waals surface area contributed by atoms with Gasteiger partial charge < -0.3 is 20.5 Å². The van der Waals surface area contributed by atoms with Crippen molar-refractivity contribution in [3.63, 3.8) is 0 Å². The molecule has 0 saturated carbocycles. The summed E-state index contributed by atoms with van der Waals surface area (Å²) in [7, 11) is 0. The van der Waals surface area contributed by atoms with Crippen molar-refractivity contribution in [1.82, 2.24) is 15.2 Å². The Morgan fingerprint density at radius 3 is 2.64 bits per heavy atom. The molecule has 5 rings (SSSR count). The van der Waals surface area contributed by atoms with Gasteiger partial charge in [-0.05, 0) is 42.3 Å². The third-order valence-electron chi connectivity index (χ3n) is 6.16. The van der Waals surface area contributed by atoms with E-state index in [0.717, 1.165) is 30.0 Å². The van der Waals surface area contributed by atoms with Crippen LogP contribution in [-0.2, 0) is 16.0 Å². The number of aromatic nitrogens is 1. The largest absolute Gasteiger partial charge is 0.359 e. The monoisotopic (exact) mass is 444 g/mol. The van der Waals surface area contributed by atoms with Gasteiger partial charge in [0.2, 0.25) is 5.91 Å². The Balaban J connectivity index is 1.54. The topological polar surface area (TPSA) is 77.2 Å². The van der Waals surface area contributed by atoms with Crippen LogP contribution in [0.2, 0.25) is 0 Å². The third kappa shape index (κ3) is 4.07. The molecule has 2 aromatic carbocycles. The van der Waals surface area contributed by atoms with Crippen LogP contribution in [0.15, 0.2) is 48.5 Å². The fourth-order valence-electron chi connectivity index (χ4n) is 4.57. The number of anilines is 1. The molecule has 6 nitrogen and oxygen atoms in total. The van der Waals surface area contributed by atoms with E-state index in [1.165, 1.54) is 6.07 Å². The predicted molar refractivity (Wildman–Crippen MR) is 127 cm³/mol. The number of aryl methyl sites for hydroxylation is 1. The van der Waals surface area contributed by atoms with Crippen LogP contribution >= 0.6 is 0 Å². The van der Waals surface area contributed by atoms with Crippen molar-refractivity contribution in [1.29, 1.82) is 0 Å². The Morgan fingerprint density at radius 1 is 1.09 bits per heavy atom. The summed E-state index contributed by atoms with van der Waals surface area (Å²) in [5, 5.41) is 6.14. The minimum absolute atomic E-state index is 0.0680. The number of piperazine rings is 1. The standard InChI is InChI=1S/C26H25FN4O2/c1-16-13-17(14-24(32)31-11-9-28-10-12-31)23(29-16)15-20-25-19(18-5-2-3-7-21(18)27)6-4-8-22(25)30-26(20)33/h2-8,13,15,28-29H,9-12,14H2,1H3,(H,30,33)/b20-15-. The lowest BCUT2D eigenvalue weighted by molar-refractivity contribution is -0.131. The summed E-state index contributed by atoms with van der Waals surface area (Å²) >= 11 is 0. The van der Waals surface area contributed by atoms with Gasteiger partial charge in [0.25, 0.3) is 5.91 Å². The van der Waals surface area contributed by atoms with Gasteiger partial charge in [0.1, 0.15) is 5.82 Å². The van der Waals surface area contributed by atoms with Crippen molar-refractivity contribution in [2.24, 2.45) is 0 Å². The fourth-order valence-corrected chi connectivity index (χ4v) is 4.57. The van der Waals surface area contributed by atoms with Crippen LogP contribution < -0.4 is 10.6 Å². The predicted octanol–water partition coefficient (Wildman–Crippen LogP) is 3.60. The first-order valence-electron chi connectivity index (χ1n) is 11.1. The average molecular weight is 445 g/mol. The number of aromatic amines is 1. The molecule has 2 aliphatic heterocycles. The molecule has 1 saturated heterocycles. The van der Waals surface area contributed by atoms with Gasteiger partial charge in [-0.3, -0.25) is 9.59 Å². The molecular formula is C26H25FN4O2. The number of hydrogen-bond donors (Lipinski definition) is 3. The number of rotatable bonds is 4. The number of benzene rings is 2. The van der Waals surface area contributed by atoms with Gasteiger partial charge in [0.15, 0.2) is 0 Å². The maximum Gasteiger partial charge on any atom is 0.256 e. The molecule has 3 aromatic rings. The smallest absolute Gasteiger partial charge is 0.256 e. The second kappa shape index (κ2) is 8.67. The van der Waals surface area contributed by atoms with Gasteiger partial charge in [-0.1, -0.05) is 30.3 Å².